The summed E-state index contributed by atoms with van der Waals surface area (Å²) in [4.78, 5) is 0. The van der Waals surface area contributed by atoms with Crippen LogP contribution in [0, 0.1) is 44.3 Å². The minimum atomic E-state index is -0.470. The highest BCUT2D eigenvalue weighted by molar-refractivity contribution is 5.46. The van der Waals surface area contributed by atoms with E-state index in [1.165, 1.54) is 44.1 Å². The van der Waals surface area contributed by atoms with Crippen molar-refractivity contribution < 1.29 is 10.2 Å². The van der Waals surface area contributed by atoms with E-state index < -0.39 is 12.2 Å². The molecule has 180 valence electrons. The molecule has 32 heavy (non-hydrogen) atoms. The van der Waals surface area contributed by atoms with Gasteiger partial charge in [0.05, 0.1) is 12.2 Å². The Balaban J connectivity index is 1.65. The predicted molar refractivity (Wildman–Crippen MR) is 132 cm³/mol. The van der Waals surface area contributed by atoms with E-state index in [0.717, 1.165) is 6.42 Å². The molecule has 2 heteroatoms. The third-order valence-corrected chi connectivity index (χ3v) is 12.6. The third kappa shape index (κ3) is 2.66. The lowest BCUT2D eigenvalue weighted by atomic mass is 9.36. The number of aliphatic hydroxyl groups is 2. The Labute approximate surface area is 197 Å². The number of allylic oxidation sites excluding steroid dienone is 3. The Hall–Kier alpha value is -0.600. The molecule has 2 nitrogen and oxygen atoms in total. The second-order valence-electron chi connectivity index (χ2n) is 14.9. The van der Waals surface area contributed by atoms with Crippen molar-refractivity contribution in [2.45, 2.75) is 119 Å². The molecule has 8 atom stereocenters. The summed E-state index contributed by atoms with van der Waals surface area (Å²) < 4.78 is 0. The molecule has 0 aromatic heterocycles. The van der Waals surface area contributed by atoms with E-state index in [-0.39, 0.29) is 21.7 Å². The summed E-state index contributed by atoms with van der Waals surface area (Å²) in [6, 6.07) is 0. The van der Waals surface area contributed by atoms with Gasteiger partial charge < -0.3 is 10.2 Å². The van der Waals surface area contributed by atoms with E-state index >= 15 is 0 Å². The molecule has 4 fully saturated rings. The van der Waals surface area contributed by atoms with Gasteiger partial charge in [0.15, 0.2) is 0 Å². The maximum atomic E-state index is 11.5. The summed E-state index contributed by atoms with van der Waals surface area (Å²) in [6.45, 7) is 19.4. The Morgan fingerprint density at radius 3 is 2.09 bits per heavy atom. The number of hydrogen-bond donors (Lipinski definition) is 2. The van der Waals surface area contributed by atoms with Crippen LogP contribution in [-0.4, -0.2) is 22.4 Å². The first kappa shape index (κ1) is 23.2. The van der Waals surface area contributed by atoms with Crippen molar-refractivity contribution in [3.63, 3.8) is 0 Å². The molecule has 0 aromatic carbocycles. The quantitative estimate of drug-likeness (QED) is 0.423. The Morgan fingerprint density at radius 1 is 0.750 bits per heavy atom. The van der Waals surface area contributed by atoms with Gasteiger partial charge in [-0.2, -0.15) is 0 Å². The topological polar surface area (TPSA) is 40.5 Å². The standard InChI is InChI=1S/C30H48O2/c1-25(2)13-14-27(5)15-16-28(6)19(20(27)18-25)9-10-22-29(28,7)12-11-21-26(3,4)23(31)17-24(32)30(21,22)8/h9-10,20-21,23-24,31-32H,11-18H2,1-8H3/t20-,21?,23+,24+,27-,28-,29-,30+/m1/s1. The van der Waals surface area contributed by atoms with Crippen LogP contribution in [0.4, 0.5) is 0 Å². The lowest BCUT2D eigenvalue weighted by Crippen LogP contribution is -2.64. The van der Waals surface area contributed by atoms with Crippen molar-refractivity contribution in [1.29, 1.82) is 0 Å². The fraction of sp³-hybridized carbons (Fsp3) is 0.867. The van der Waals surface area contributed by atoms with Crippen molar-refractivity contribution in [2.75, 3.05) is 0 Å². The molecular weight excluding hydrogens is 392 g/mol. The number of rotatable bonds is 0. The predicted octanol–water partition coefficient (Wildman–Crippen LogP) is 7.06. The lowest BCUT2D eigenvalue weighted by Gasteiger charge is -2.69. The Kier molecular flexibility index (Phi) is 4.73. The van der Waals surface area contributed by atoms with Gasteiger partial charge in [0.1, 0.15) is 0 Å². The van der Waals surface area contributed by atoms with Gasteiger partial charge in [-0.25, -0.2) is 0 Å². The van der Waals surface area contributed by atoms with Gasteiger partial charge in [0.25, 0.3) is 0 Å². The first-order valence-electron chi connectivity index (χ1n) is 13.4. The van der Waals surface area contributed by atoms with Crippen molar-refractivity contribution in [2.24, 2.45) is 44.3 Å². The average Bonchev–Trinajstić information content (AvgIpc) is 2.68. The molecule has 0 aromatic rings. The molecule has 0 radical (unpaired) electrons. The van der Waals surface area contributed by atoms with Gasteiger partial charge in [0, 0.05) is 11.8 Å². The van der Waals surface area contributed by atoms with Gasteiger partial charge in [-0.3, -0.25) is 0 Å². The van der Waals surface area contributed by atoms with Crippen LogP contribution in [0.3, 0.4) is 0 Å². The number of fused-ring (bicyclic) bond motifs is 7. The SMILES string of the molecule is CC1(C)CC[C@]2(C)CC[C@]3(C)C(=CC=C4[C@]5(C)C(CC[C@]43C)C(C)(C)[C@@H](O)C[C@@H]5O)[C@H]2C1. The van der Waals surface area contributed by atoms with E-state index in [1.807, 2.05) is 0 Å². The van der Waals surface area contributed by atoms with Crippen LogP contribution in [-0.2, 0) is 0 Å². The zero-order valence-electron chi connectivity index (χ0n) is 22.0. The molecule has 4 saturated carbocycles. The van der Waals surface area contributed by atoms with Crippen LogP contribution in [0.15, 0.2) is 23.3 Å². The van der Waals surface area contributed by atoms with Crippen LogP contribution in [0.5, 0.6) is 0 Å². The van der Waals surface area contributed by atoms with Gasteiger partial charge >= 0.3 is 0 Å². The van der Waals surface area contributed by atoms with E-state index in [1.54, 1.807) is 5.57 Å². The molecule has 5 rings (SSSR count). The minimum absolute atomic E-state index is 0.0879. The molecule has 5 aliphatic carbocycles. The summed E-state index contributed by atoms with van der Waals surface area (Å²) in [5, 5.41) is 22.3. The maximum Gasteiger partial charge on any atom is 0.0658 e. The molecule has 0 amide bonds. The highest BCUT2D eigenvalue weighted by Crippen LogP contribution is 2.74. The minimum Gasteiger partial charge on any atom is -0.392 e. The van der Waals surface area contributed by atoms with E-state index in [2.05, 4.69) is 67.5 Å². The van der Waals surface area contributed by atoms with Gasteiger partial charge in [-0.1, -0.05) is 78.7 Å². The number of aliphatic hydroxyl groups excluding tert-OH is 2. The molecule has 0 spiro atoms. The molecule has 2 N–H and O–H groups in total. The lowest BCUT2D eigenvalue weighted by molar-refractivity contribution is -0.175. The molecule has 0 bridgehead atoms. The van der Waals surface area contributed by atoms with Crippen molar-refractivity contribution in [3.05, 3.63) is 23.3 Å². The fourth-order valence-corrected chi connectivity index (χ4v) is 9.75. The molecule has 5 aliphatic rings. The fourth-order valence-electron chi connectivity index (χ4n) is 9.75. The summed E-state index contributed by atoms with van der Waals surface area (Å²) in [7, 11) is 0. The van der Waals surface area contributed by atoms with Gasteiger partial charge in [-0.15, -0.1) is 0 Å². The van der Waals surface area contributed by atoms with E-state index in [4.69, 9.17) is 0 Å². The highest BCUT2D eigenvalue weighted by atomic mass is 16.3. The summed E-state index contributed by atoms with van der Waals surface area (Å²) in [5.41, 5.74) is 3.91. The van der Waals surface area contributed by atoms with Crippen molar-refractivity contribution in [3.8, 4) is 0 Å². The van der Waals surface area contributed by atoms with Crippen molar-refractivity contribution in [1.82, 2.24) is 0 Å². The molecule has 0 saturated heterocycles. The molecular formula is C30H48O2. The zero-order valence-corrected chi connectivity index (χ0v) is 22.0. The van der Waals surface area contributed by atoms with E-state index in [0.29, 0.717) is 29.1 Å². The average molecular weight is 441 g/mol. The van der Waals surface area contributed by atoms with Crippen LogP contribution in [0.2, 0.25) is 0 Å². The number of hydrogen-bond acceptors (Lipinski definition) is 2. The normalized spacial score (nSPS) is 53.7. The maximum absolute atomic E-state index is 11.5. The summed E-state index contributed by atoms with van der Waals surface area (Å²) in [5.74, 6) is 0.994. The molecule has 0 heterocycles. The largest absolute Gasteiger partial charge is 0.392 e. The van der Waals surface area contributed by atoms with Gasteiger partial charge in [-0.05, 0) is 83.9 Å². The summed E-state index contributed by atoms with van der Waals surface area (Å²) >= 11 is 0. The Bertz CT molecular complexity index is 879. The highest BCUT2D eigenvalue weighted by Gasteiger charge is 2.67. The Morgan fingerprint density at radius 2 is 1.41 bits per heavy atom. The second-order valence-corrected chi connectivity index (χ2v) is 14.9. The zero-order chi connectivity index (χ0) is 23.5. The molecule has 1 unspecified atom stereocenters. The third-order valence-electron chi connectivity index (χ3n) is 12.6. The van der Waals surface area contributed by atoms with Crippen molar-refractivity contribution >= 4 is 0 Å². The smallest absolute Gasteiger partial charge is 0.0658 e. The van der Waals surface area contributed by atoms with Crippen LogP contribution in [0.1, 0.15) is 107 Å². The molecule has 0 aliphatic heterocycles. The first-order valence-corrected chi connectivity index (χ1v) is 13.4. The first-order chi connectivity index (χ1) is 14.6. The van der Waals surface area contributed by atoms with Crippen LogP contribution in [0.25, 0.3) is 0 Å². The monoisotopic (exact) mass is 440 g/mol. The summed E-state index contributed by atoms with van der Waals surface area (Å²) in [6.07, 6.45) is 13.5. The van der Waals surface area contributed by atoms with Gasteiger partial charge in [0.2, 0.25) is 0 Å². The van der Waals surface area contributed by atoms with E-state index in [9.17, 15) is 10.2 Å². The van der Waals surface area contributed by atoms with Crippen LogP contribution < -0.4 is 0 Å². The van der Waals surface area contributed by atoms with Crippen LogP contribution >= 0.6 is 0 Å². The second kappa shape index (κ2) is 6.54.